The van der Waals surface area contributed by atoms with Crippen molar-refractivity contribution in [2.45, 2.75) is 38.5 Å². The molecule has 16 heavy (non-hydrogen) atoms. The number of nitrogens with one attached hydrogen (secondary N) is 1. The summed E-state index contributed by atoms with van der Waals surface area (Å²) in [6, 6.07) is 8.32. The molecule has 1 aromatic carbocycles. The first kappa shape index (κ1) is 12.1. The molecular formula is C13H18BrNO. The van der Waals surface area contributed by atoms with Crippen molar-refractivity contribution in [1.29, 1.82) is 0 Å². The van der Waals surface area contributed by atoms with Crippen LogP contribution in [0.1, 0.15) is 25.8 Å². The van der Waals surface area contributed by atoms with Gasteiger partial charge in [0.05, 0.1) is 6.10 Å². The predicted molar refractivity (Wildman–Crippen MR) is 69.4 cm³/mol. The van der Waals surface area contributed by atoms with Crippen molar-refractivity contribution >= 4 is 15.9 Å². The molecule has 2 unspecified atom stereocenters. The second-order valence-corrected chi connectivity index (χ2v) is 5.48. The predicted octanol–water partition coefficient (Wildman–Crippen LogP) is 3.11. The molecule has 1 aliphatic heterocycles. The number of halogens is 1. The van der Waals surface area contributed by atoms with Crippen LogP contribution in [0.5, 0.6) is 0 Å². The highest BCUT2D eigenvalue weighted by atomic mass is 79.9. The van der Waals surface area contributed by atoms with E-state index in [4.69, 9.17) is 4.74 Å². The molecule has 0 bridgehead atoms. The molecule has 1 aliphatic rings. The van der Waals surface area contributed by atoms with Crippen LogP contribution < -0.4 is 5.32 Å². The molecule has 1 fully saturated rings. The lowest BCUT2D eigenvalue weighted by Crippen LogP contribution is -2.47. The Morgan fingerprint density at radius 3 is 2.88 bits per heavy atom. The highest BCUT2D eigenvalue weighted by Crippen LogP contribution is 2.26. The van der Waals surface area contributed by atoms with Gasteiger partial charge in [-0.1, -0.05) is 34.1 Å². The summed E-state index contributed by atoms with van der Waals surface area (Å²) in [5, 5.41) is 3.61. The minimum Gasteiger partial charge on any atom is -0.377 e. The van der Waals surface area contributed by atoms with Gasteiger partial charge in [-0.05, 0) is 31.9 Å². The third kappa shape index (κ3) is 2.47. The van der Waals surface area contributed by atoms with E-state index < -0.39 is 0 Å². The molecule has 0 radical (unpaired) electrons. The fourth-order valence-electron chi connectivity index (χ4n) is 2.01. The molecule has 0 aliphatic carbocycles. The van der Waals surface area contributed by atoms with Gasteiger partial charge in [0.2, 0.25) is 0 Å². The van der Waals surface area contributed by atoms with Crippen LogP contribution in [0.25, 0.3) is 0 Å². The SMILES string of the molecule is CC1OCCC1(C)NCc1ccccc1Br. The molecule has 2 nitrogen and oxygen atoms in total. The zero-order valence-corrected chi connectivity index (χ0v) is 11.4. The van der Waals surface area contributed by atoms with E-state index in [1.54, 1.807) is 0 Å². The summed E-state index contributed by atoms with van der Waals surface area (Å²) in [5.74, 6) is 0. The summed E-state index contributed by atoms with van der Waals surface area (Å²) in [7, 11) is 0. The fourth-order valence-corrected chi connectivity index (χ4v) is 2.43. The summed E-state index contributed by atoms with van der Waals surface area (Å²) in [5.41, 5.74) is 1.40. The molecule has 0 spiro atoms. The van der Waals surface area contributed by atoms with Crippen LogP contribution >= 0.6 is 15.9 Å². The lowest BCUT2D eigenvalue weighted by Gasteiger charge is -2.29. The lowest BCUT2D eigenvalue weighted by atomic mass is 9.94. The molecule has 0 amide bonds. The van der Waals surface area contributed by atoms with Crippen LogP contribution in [-0.2, 0) is 11.3 Å². The topological polar surface area (TPSA) is 21.3 Å². The van der Waals surface area contributed by atoms with Gasteiger partial charge >= 0.3 is 0 Å². The van der Waals surface area contributed by atoms with Gasteiger partial charge in [-0.15, -0.1) is 0 Å². The van der Waals surface area contributed by atoms with E-state index in [0.29, 0.717) is 0 Å². The van der Waals surface area contributed by atoms with E-state index in [0.717, 1.165) is 24.0 Å². The van der Waals surface area contributed by atoms with Crippen LogP contribution in [0.3, 0.4) is 0 Å². The Balaban J connectivity index is 2.00. The highest BCUT2D eigenvalue weighted by molar-refractivity contribution is 9.10. The fraction of sp³-hybridized carbons (Fsp3) is 0.538. The molecule has 2 atom stereocenters. The maximum Gasteiger partial charge on any atom is 0.0726 e. The summed E-state index contributed by atoms with van der Waals surface area (Å²) in [6.45, 7) is 6.12. The Morgan fingerprint density at radius 1 is 1.50 bits per heavy atom. The molecule has 0 saturated carbocycles. The minimum absolute atomic E-state index is 0.106. The second kappa shape index (κ2) is 4.86. The molecule has 1 heterocycles. The van der Waals surface area contributed by atoms with Crippen molar-refractivity contribution in [3.63, 3.8) is 0 Å². The third-order valence-electron chi connectivity index (χ3n) is 3.53. The Morgan fingerprint density at radius 2 is 2.25 bits per heavy atom. The van der Waals surface area contributed by atoms with E-state index in [1.165, 1.54) is 5.56 Å². The number of ether oxygens (including phenoxy) is 1. The van der Waals surface area contributed by atoms with Gasteiger partial charge < -0.3 is 10.1 Å². The monoisotopic (exact) mass is 283 g/mol. The Labute approximate surface area is 106 Å². The number of hydrogen-bond donors (Lipinski definition) is 1. The van der Waals surface area contributed by atoms with Gasteiger partial charge in [0.25, 0.3) is 0 Å². The number of benzene rings is 1. The van der Waals surface area contributed by atoms with Gasteiger partial charge in [-0.2, -0.15) is 0 Å². The van der Waals surface area contributed by atoms with Gasteiger partial charge in [0.15, 0.2) is 0 Å². The molecule has 88 valence electrons. The first-order valence-corrected chi connectivity index (χ1v) is 6.51. The normalized spacial score (nSPS) is 29.6. The van der Waals surface area contributed by atoms with E-state index >= 15 is 0 Å². The highest BCUT2D eigenvalue weighted by Gasteiger charge is 2.36. The van der Waals surface area contributed by atoms with Crippen molar-refractivity contribution < 1.29 is 4.74 Å². The summed E-state index contributed by atoms with van der Waals surface area (Å²) in [6.07, 6.45) is 1.37. The van der Waals surface area contributed by atoms with Crippen LogP contribution in [0, 0.1) is 0 Å². The summed E-state index contributed by atoms with van der Waals surface area (Å²) >= 11 is 3.57. The van der Waals surface area contributed by atoms with Gasteiger partial charge in [-0.25, -0.2) is 0 Å². The molecule has 3 heteroatoms. The molecule has 2 rings (SSSR count). The average molecular weight is 284 g/mol. The third-order valence-corrected chi connectivity index (χ3v) is 4.30. The lowest BCUT2D eigenvalue weighted by molar-refractivity contribution is 0.0881. The molecule has 1 saturated heterocycles. The average Bonchev–Trinajstić information content (AvgIpc) is 2.59. The van der Waals surface area contributed by atoms with E-state index in [1.807, 2.05) is 6.07 Å². The minimum atomic E-state index is 0.106. The summed E-state index contributed by atoms with van der Waals surface area (Å²) in [4.78, 5) is 0. The van der Waals surface area contributed by atoms with Gasteiger partial charge in [0, 0.05) is 23.2 Å². The zero-order valence-electron chi connectivity index (χ0n) is 9.79. The van der Waals surface area contributed by atoms with Crippen molar-refractivity contribution in [2.75, 3.05) is 6.61 Å². The Bertz CT molecular complexity index is 369. The van der Waals surface area contributed by atoms with Crippen LogP contribution in [-0.4, -0.2) is 18.2 Å². The molecule has 1 N–H and O–H groups in total. The van der Waals surface area contributed by atoms with Crippen molar-refractivity contribution in [3.8, 4) is 0 Å². The van der Waals surface area contributed by atoms with Crippen LogP contribution in [0.4, 0.5) is 0 Å². The number of hydrogen-bond acceptors (Lipinski definition) is 2. The van der Waals surface area contributed by atoms with E-state index in [-0.39, 0.29) is 11.6 Å². The van der Waals surface area contributed by atoms with Crippen LogP contribution in [0.2, 0.25) is 0 Å². The molecular weight excluding hydrogens is 266 g/mol. The van der Waals surface area contributed by atoms with Gasteiger partial charge in [-0.3, -0.25) is 0 Å². The largest absolute Gasteiger partial charge is 0.377 e. The summed E-state index contributed by atoms with van der Waals surface area (Å²) < 4.78 is 6.78. The van der Waals surface area contributed by atoms with E-state index in [2.05, 4.69) is 53.3 Å². The Kier molecular flexibility index (Phi) is 3.67. The quantitative estimate of drug-likeness (QED) is 0.921. The van der Waals surface area contributed by atoms with Crippen molar-refractivity contribution in [1.82, 2.24) is 5.32 Å². The standard InChI is InChI=1S/C13H18BrNO/c1-10-13(2,7-8-16-10)15-9-11-5-3-4-6-12(11)14/h3-6,10,15H,7-9H2,1-2H3. The first-order chi connectivity index (χ1) is 7.62. The maximum atomic E-state index is 5.61. The van der Waals surface area contributed by atoms with Crippen molar-refractivity contribution in [2.24, 2.45) is 0 Å². The van der Waals surface area contributed by atoms with Crippen LogP contribution in [0.15, 0.2) is 28.7 Å². The Hall–Kier alpha value is -0.380. The molecule has 0 aromatic heterocycles. The maximum absolute atomic E-state index is 5.61. The van der Waals surface area contributed by atoms with E-state index in [9.17, 15) is 0 Å². The van der Waals surface area contributed by atoms with Gasteiger partial charge in [0.1, 0.15) is 0 Å². The first-order valence-electron chi connectivity index (χ1n) is 5.72. The smallest absolute Gasteiger partial charge is 0.0726 e. The number of rotatable bonds is 3. The second-order valence-electron chi connectivity index (χ2n) is 4.63. The zero-order chi connectivity index (χ0) is 11.6. The molecule has 1 aromatic rings. The van der Waals surface area contributed by atoms with Crippen molar-refractivity contribution in [3.05, 3.63) is 34.3 Å².